The van der Waals surface area contributed by atoms with Crippen molar-refractivity contribution in [3.63, 3.8) is 0 Å². The second kappa shape index (κ2) is 7.25. The van der Waals surface area contributed by atoms with Crippen LogP contribution in [0.2, 0.25) is 0 Å². The average Bonchev–Trinajstić information content (AvgIpc) is 2.27. The fraction of sp³-hybridized carbons (Fsp3) is 0.833. The van der Waals surface area contributed by atoms with Gasteiger partial charge in [-0.1, -0.05) is 33.6 Å². The van der Waals surface area contributed by atoms with E-state index in [1.807, 2.05) is 13.8 Å². The highest BCUT2D eigenvalue weighted by molar-refractivity contribution is 6.28. The second-order valence-electron chi connectivity index (χ2n) is 4.04. The maximum atomic E-state index is 11.1. The van der Waals surface area contributed by atoms with Crippen molar-refractivity contribution in [3.05, 3.63) is 0 Å². The van der Waals surface area contributed by atoms with E-state index in [2.05, 4.69) is 6.92 Å². The van der Waals surface area contributed by atoms with Crippen LogP contribution in [0.4, 0.5) is 0 Å². The molecule has 94 valence electrons. The van der Waals surface area contributed by atoms with Crippen molar-refractivity contribution in [2.45, 2.75) is 64.9 Å². The molecule has 0 bridgehead atoms. The Labute approximate surface area is 97.0 Å². The van der Waals surface area contributed by atoms with Crippen molar-refractivity contribution in [3.8, 4) is 0 Å². The molecule has 0 heterocycles. The zero-order valence-corrected chi connectivity index (χ0v) is 10.4. The normalized spacial score (nSPS) is 11.2. The zero-order chi connectivity index (χ0) is 12.6. The van der Waals surface area contributed by atoms with E-state index in [-0.39, 0.29) is 0 Å². The van der Waals surface area contributed by atoms with Gasteiger partial charge in [-0.05, 0) is 25.7 Å². The molecule has 0 aliphatic heterocycles. The smallest absolute Gasteiger partial charge is 0.417 e. The molecule has 0 aromatic rings. The average molecular weight is 230 g/mol. The molecule has 0 unspecified atom stereocenters. The van der Waals surface area contributed by atoms with Crippen LogP contribution in [0.1, 0.15) is 59.3 Å². The van der Waals surface area contributed by atoms with E-state index in [1.165, 1.54) is 0 Å². The maximum absolute atomic E-state index is 11.1. The summed E-state index contributed by atoms with van der Waals surface area (Å²) >= 11 is 0. The molecule has 0 aromatic carbocycles. The van der Waals surface area contributed by atoms with Crippen LogP contribution in [0.3, 0.4) is 0 Å². The molecule has 0 saturated heterocycles. The SMILES string of the molecule is CCCCCC(CC)(CC)OC(=O)C(=O)O. The molecule has 0 aliphatic carbocycles. The van der Waals surface area contributed by atoms with E-state index in [1.54, 1.807) is 0 Å². The fourth-order valence-corrected chi connectivity index (χ4v) is 1.74. The van der Waals surface area contributed by atoms with Gasteiger partial charge in [0.15, 0.2) is 0 Å². The van der Waals surface area contributed by atoms with Gasteiger partial charge in [-0.25, -0.2) is 9.59 Å². The Balaban J connectivity index is 4.42. The van der Waals surface area contributed by atoms with Gasteiger partial charge in [0.05, 0.1) is 0 Å². The lowest BCUT2D eigenvalue weighted by Crippen LogP contribution is -2.36. The van der Waals surface area contributed by atoms with Crippen LogP contribution in [0.25, 0.3) is 0 Å². The minimum absolute atomic E-state index is 0.593. The number of carboxylic acid groups (broad SMARTS) is 1. The molecular weight excluding hydrogens is 208 g/mol. The van der Waals surface area contributed by atoms with Crippen molar-refractivity contribution in [1.29, 1.82) is 0 Å². The molecule has 16 heavy (non-hydrogen) atoms. The Morgan fingerprint density at radius 1 is 1.12 bits per heavy atom. The van der Waals surface area contributed by atoms with Crippen LogP contribution < -0.4 is 0 Å². The number of ether oxygens (including phenoxy) is 1. The van der Waals surface area contributed by atoms with E-state index in [9.17, 15) is 9.59 Å². The summed E-state index contributed by atoms with van der Waals surface area (Å²) in [5.41, 5.74) is -0.593. The van der Waals surface area contributed by atoms with Crippen molar-refractivity contribution < 1.29 is 19.4 Å². The van der Waals surface area contributed by atoms with Gasteiger partial charge in [-0.2, -0.15) is 0 Å². The number of esters is 1. The topological polar surface area (TPSA) is 63.6 Å². The Morgan fingerprint density at radius 2 is 1.69 bits per heavy atom. The van der Waals surface area contributed by atoms with Gasteiger partial charge in [-0.3, -0.25) is 0 Å². The molecule has 0 aliphatic rings. The van der Waals surface area contributed by atoms with Crippen molar-refractivity contribution >= 4 is 11.9 Å². The number of aliphatic carboxylic acids is 1. The largest absolute Gasteiger partial charge is 0.473 e. The fourth-order valence-electron chi connectivity index (χ4n) is 1.74. The van der Waals surface area contributed by atoms with E-state index >= 15 is 0 Å². The summed E-state index contributed by atoms with van der Waals surface area (Å²) < 4.78 is 5.11. The molecule has 0 spiro atoms. The number of unbranched alkanes of at least 4 members (excludes halogenated alkanes) is 2. The number of carboxylic acids is 1. The van der Waals surface area contributed by atoms with Crippen LogP contribution in [0.5, 0.6) is 0 Å². The summed E-state index contributed by atoms with van der Waals surface area (Å²) in [6.45, 7) is 5.94. The molecule has 4 heteroatoms. The Hall–Kier alpha value is -1.06. The summed E-state index contributed by atoms with van der Waals surface area (Å²) in [6, 6.07) is 0. The van der Waals surface area contributed by atoms with E-state index < -0.39 is 17.5 Å². The minimum atomic E-state index is -1.51. The Morgan fingerprint density at radius 3 is 2.06 bits per heavy atom. The van der Waals surface area contributed by atoms with Gasteiger partial charge in [-0.15, -0.1) is 0 Å². The predicted octanol–water partition coefficient (Wildman–Crippen LogP) is 2.75. The highest BCUT2D eigenvalue weighted by atomic mass is 16.6. The summed E-state index contributed by atoms with van der Waals surface area (Å²) in [7, 11) is 0. The zero-order valence-electron chi connectivity index (χ0n) is 10.4. The van der Waals surface area contributed by atoms with Crippen LogP contribution in [-0.2, 0) is 14.3 Å². The first kappa shape index (κ1) is 14.9. The summed E-state index contributed by atoms with van der Waals surface area (Å²) in [4.78, 5) is 21.6. The highest BCUT2D eigenvalue weighted by Crippen LogP contribution is 2.27. The third kappa shape index (κ3) is 4.64. The van der Waals surface area contributed by atoms with Crippen molar-refractivity contribution in [2.24, 2.45) is 0 Å². The second-order valence-corrected chi connectivity index (χ2v) is 4.04. The van der Waals surface area contributed by atoms with Crippen LogP contribution >= 0.6 is 0 Å². The van der Waals surface area contributed by atoms with Gasteiger partial charge >= 0.3 is 11.9 Å². The van der Waals surface area contributed by atoms with Crippen LogP contribution in [0.15, 0.2) is 0 Å². The summed E-state index contributed by atoms with van der Waals surface area (Å²) in [6.07, 6.45) is 5.19. The monoisotopic (exact) mass is 230 g/mol. The number of rotatable bonds is 7. The third-order valence-electron chi connectivity index (χ3n) is 3.01. The van der Waals surface area contributed by atoms with Crippen LogP contribution in [-0.4, -0.2) is 22.6 Å². The van der Waals surface area contributed by atoms with Gasteiger partial charge < -0.3 is 9.84 Å². The quantitative estimate of drug-likeness (QED) is 0.415. The highest BCUT2D eigenvalue weighted by Gasteiger charge is 2.32. The lowest BCUT2D eigenvalue weighted by atomic mass is 9.90. The first-order valence-corrected chi connectivity index (χ1v) is 5.97. The number of carbonyl (C=O) groups excluding carboxylic acids is 1. The minimum Gasteiger partial charge on any atom is -0.473 e. The molecule has 1 N–H and O–H groups in total. The molecule has 0 amide bonds. The number of carbonyl (C=O) groups is 2. The van der Waals surface area contributed by atoms with E-state index in [0.29, 0.717) is 12.8 Å². The Kier molecular flexibility index (Phi) is 6.77. The third-order valence-corrected chi connectivity index (χ3v) is 3.01. The first-order chi connectivity index (χ1) is 7.51. The molecule has 0 fully saturated rings. The number of hydrogen-bond acceptors (Lipinski definition) is 3. The summed E-state index contributed by atoms with van der Waals surface area (Å²) in [5, 5.41) is 8.53. The number of hydrogen-bond donors (Lipinski definition) is 1. The Bertz CT molecular complexity index is 231. The van der Waals surface area contributed by atoms with Gasteiger partial charge in [0.25, 0.3) is 0 Å². The lowest BCUT2D eigenvalue weighted by molar-refractivity contribution is -0.176. The maximum Gasteiger partial charge on any atom is 0.417 e. The van der Waals surface area contributed by atoms with E-state index in [0.717, 1.165) is 25.7 Å². The molecule has 0 radical (unpaired) electrons. The molecule has 0 atom stereocenters. The molecular formula is C12H22O4. The van der Waals surface area contributed by atoms with Crippen molar-refractivity contribution in [1.82, 2.24) is 0 Å². The summed E-state index contributed by atoms with van der Waals surface area (Å²) in [5.74, 6) is -2.65. The first-order valence-electron chi connectivity index (χ1n) is 5.97. The van der Waals surface area contributed by atoms with Crippen LogP contribution in [0, 0.1) is 0 Å². The predicted molar refractivity (Wildman–Crippen MR) is 61.2 cm³/mol. The molecule has 0 saturated carbocycles. The lowest BCUT2D eigenvalue weighted by Gasteiger charge is -2.30. The van der Waals surface area contributed by atoms with Gasteiger partial charge in [0, 0.05) is 0 Å². The standard InChI is InChI=1S/C12H22O4/c1-4-7-8-9-12(5-2,6-3)16-11(15)10(13)14/h4-9H2,1-3H3,(H,13,14). The van der Waals surface area contributed by atoms with Crippen molar-refractivity contribution in [2.75, 3.05) is 0 Å². The van der Waals surface area contributed by atoms with Gasteiger partial charge in [0.2, 0.25) is 0 Å². The molecule has 0 rings (SSSR count). The van der Waals surface area contributed by atoms with E-state index in [4.69, 9.17) is 9.84 Å². The molecule has 0 aromatic heterocycles. The molecule has 4 nitrogen and oxygen atoms in total. The van der Waals surface area contributed by atoms with Gasteiger partial charge in [0.1, 0.15) is 5.60 Å².